The second-order valence-corrected chi connectivity index (χ2v) is 11.0. The van der Waals surface area contributed by atoms with Crippen LogP contribution in [0.3, 0.4) is 0 Å². The van der Waals surface area contributed by atoms with Gasteiger partial charge in [-0.05, 0) is 66.2 Å². The molecule has 6 rings (SSSR count). The predicted octanol–water partition coefficient (Wildman–Crippen LogP) is 4.59. The topological polar surface area (TPSA) is 127 Å². The highest BCUT2D eigenvalue weighted by Crippen LogP contribution is 2.41. The molecule has 1 unspecified atom stereocenters. The van der Waals surface area contributed by atoms with Crippen molar-refractivity contribution in [3.63, 3.8) is 0 Å². The highest BCUT2D eigenvalue weighted by molar-refractivity contribution is 6.32. The number of hydrogen-bond donors (Lipinski definition) is 5. The van der Waals surface area contributed by atoms with E-state index < -0.39 is 5.60 Å². The lowest BCUT2D eigenvalue weighted by atomic mass is 9.81. The van der Waals surface area contributed by atoms with Gasteiger partial charge in [-0.3, -0.25) is 0 Å². The van der Waals surface area contributed by atoms with E-state index >= 15 is 0 Å². The third kappa shape index (κ3) is 5.36. The van der Waals surface area contributed by atoms with Gasteiger partial charge in [-0.2, -0.15) is 0 Å². The number of anilines is 1. The van der Waals surface area contributed by atoms with Crippen molar-refractivity contribution >= 4 is 29.0 Å². The van der Waals surface area contributed by atoms with E-state index in [0.717, 1.165) is 33.9 Å². The van der Waals surface area contributed by atoms with E-state index in [9.17, 15) is 5.11 Å². The van der Waals surface area contributed by atoms with E-state index in [1.807, 2.05) is 85.8 Å². The van der Waals surface area contributed by atoms with Crippen molar-refractivity contribution in [1.82, 2.24) is 21.3 Å². The third-order valence-corrected chi connectivity index (χ3v) is 7.95. The van der Waals surface area contributed by atoms with Gasteiger partial charge in [0.15, 0.2) is 5.60 Å². The number of fused-ring (bicyclic) bond motifs is 3. The van der Waals surface area contributed by atoms with E-state index in [2.05, 4.69) is 28.1 Å². The van der Waals surface area contributed by atoms with Crippen LogP contribution < -0.4 is 27.1 Å². The number of nitrogens with one attached hydrogen (secondary N) is 3. The zero-order valence-corrected chi connectivity index (χ0v) is 25.1. The standard InChI is InChI=1S/C33H33ClN8O2/c1-4-41(3)30(18-35)33(43,24-11-9-22(10-12-24)19-36-20-27-14-8-21(2)44-27)25-13-15-29-28(17-25)31(23-6-5-7-26(34)16-23)37-32-38-39-40-42(29)32/h4-18,36,39-40,43H,1,19-20,35H2,2-3H3/b30-18-. The molecule has 0 spiro atoms. The number of halogens is 1. The van der Waals surface area contributed by atoms with E-state index in [1.165, 1.54) is 6.20 Å². The fraction of sp³-hybridized carbons (Fsp3) is 0.152. The molecule has 3 heterocycles. The van der Waals surface area contributed by atoms with Crippen molar-refractivity contribution < 1.29 is 9.52 Å². The molecule has 0 fully saturated rings. The van der Waals surface area contributed by atoms with Crippen molar-refractivity contribution in [2.45, 2.75) is 25.6 Å². The molecular weight excluding hydrogens is 576 g/mol. The summed E-state index contributed by atoms with van der Waals surface area (Å²) in [6, 6.07) is 24.9. The number of hydrazine groups is 2. The second kappa shape index (κ2) is 12.0. The molecule has 10 nitrogen and oxygen atoms in total. The molecule has 4 aromatic rings. The Hall–Kier alpha value is -4.87. The zero-order valence-electron chi connectivity index (χ0n) is 24.4. The molecule has 1 atom stereocenters. The lowest BCUT2D eigenvalue weighted by Gasteiger charge is -2.37. The quantitative estimate of drug-likeness (QED) is 0.177. The molecule has 1 aromatic heterocycles. The number of nitrogens with two attached hydrogens (primary N) is 1. The number of aryl methyl sites for hydroxylation is 1. The summed E-state index contributed by atoms with van der Waals surface area (Å²) in [7, 11) is 1.80. The van der Waals surface area contributed by atoms with Crippen molar-refractivity contribution in [3.8, 4) is 0 Å². The normalized spacial score (nSPS) is 15.5. The fourth-order valence-electron chi connectivity index (χ4n) is 5.46. The lowest BCUT2D eigenvalue weighted by molar-refractivity contribution is 0.0967. The molecule has 0 saturated heterocycles. The first-order valence-electron chi connectivity index (χ1n) is 14.1. The minimum Gasteiger partial charge on any atom is -0.465 e. The van der Waals surface area contributed by atoms with Crippen LogP contribution in [0.25, 0.3) is 0 Å². The minimum absolute atomic E-state index is 0.437. The average molecular weight is 609 g/mol. The van der Waals surface area contributed by atoms with E-state index in [1.54, 1.807) is 23.2 Å². The molecular formula is C33H33ClN8O2. The van der Waals surface area contributed by atoms with Crippen LogP contribution >= 0.6 is 11.6 Å². The molecule has 3 aromatic carbocycles. The van der Waals surface area contributed by atoms with Gasteiger partial charge in [0.25, 0.3) is 5.96 Å². The average Bonchev–Trinajstić information content (AvgIpc) is 3.69. The Morgan fingerprint density at radius 3 is 2.61 bits per heavy atom. The van der Waals surface area contributed by atoms with Gasteiger partial charge in [-0.1, -0.05) is 60.6 Å². The number of furan rings is 1. The molecule has 6 N–H and O–H groups in total. The highest BCUT2D eigenvalue weighted by Gasteiger charge is 2.40. The maximum absolute atomic E-state index is 12.7. The highest BCUT2D eigenvalue weighted by atomic mass is 35.5. The van der Waals surface area contributed by atoms with Crippen LogP contribution in [-0.2, 0) is 18.7 Å². The van der Waals surface area contributed by atoms with Crippen molar-refractivity contribution in [1.29, 1.82) is 0 Å². The maximum Gasteiger partial charge on any atom is 0.265 e. The number of hydrazone groups is 1. The number of rotatable bonds is 10. The van der Waals surface area contributed by atoms with Crippen LogP contribution in [-0.4, -0.2) is 28.7 Å². The van der Waals surface area contributed by atoms with Gasteiger partial charge < -0.3 is 25.5 Å². The first kappa shape index (κ1) is 29.2. The monoisotopic (exact) mass is 608 g/mol. The van der Waals surface area contributed by atoms with Crippen LogP contribution in [0.2, 0.25) is 5.02 Å². The van der Waals surface area contributed by atoms with Crippen molar-refractivity contribution in [2.24, 2.45) is 15.8 Å². The Balaban J connectivity index is 1.40. The third-order valence-electron chi connectivity index (χ3n) is 7.72. The smallest absolute Gasteiger partial charge is 0.265 e. The van der Waals surface area contributed by atoms with Gasteiger partial charge in [0.05, 0.1) is 23.6 Å². The number of aliphatic hydroxyl groups is 1. The summed E-state index contributed by atoms with van der Waals surface area (Å²) in [4.78, 5) is 6.53. The molecule has 44 heavy (non-hydrogen) atoms. The van der Waals surface area contributed by atoms with E-state index in [0.29, 0.717) is 46.6 Å². The first-order chi connectivity index (χ1) is 21.3. The minimum atomic E-state index is -1.64. The summed E-state index contributed by atoms with van der Waals surface area (Å²) in [6.45, 7) is 7.08. The van der Waals surface area contributed by atoms with Gasteiger partial charge >= 0.3 is 0 Å². The molecule has 0 radical (unpaired) electrons. The van der Waals surface area contributed by atoms with Crippen LogP contribution in [0.15, 0.2) is 118 Å². The summed E-state index contributed by atoms with van der Waals surface area (Å²) < 4.78 is 5.65. The van der Waals surface area contributed by atoms with Gasteiger partial charge in [-0.25, -0.2) is 15.5 Å². The lowest BCUT2D eigenvalue weighted by Crippen LogP contribution is -2.44. The number of likely N-dealkylation sites (N-methyl/N-ethyl adjacent to an activating group) is 1. The fourth-order valence-corrected chi connectivity index (χ4v) is 5.65. The van der Waals surface area contributed by atoms with Gasteiger partial charge in [0.2, 0.25) is 0 Å². The van der Waals surface area contributed by atoms with Crippen molar-refractivity contribution in [3.05, 3.63) is 148 Å². The summed E-state index contributed by atoms with van der Waals surface area (Å²) >= 11 is 6.37. The van der Waals surface area contributed by atoms with Gasteiger partial charge in [0, 0.05) is 35.9 Å². The Bertz CT molecular complexity index is 1800. The van der Waals surface area contributed by atoms with Crippen LogP contribution in [0, 0.1) is 6.92 Å². The number of guanidine groups is 1. The predicted molar refractivity (Wildman–Crippen MR) is 173 cm³/mol. The number of benzene rings is 3. The number of aliphatic imine (C=N–C) groups is 1. The summed E-state index contributed by atoms with van der Waals surface area (Å²) in [5.41, 5.74) is 16.1. The zero-order chi connectivity index (χ0) is 30.8. The van der Waals surface area contributed by atoms with Gasteiger partial charge in [-0.15, -0.1) is 10.6 Å². The van der Waals surface area contributed by atoms with E-state index in [-0.39, 0.29) is 0 Å². The SMILES string of the molecule is C=CN(C)/C(=C\N)C(O)(c1ccc(CNCc2ccc(C)o2)cc1)c1ccc2c(c1)C(c1cccc(Cl)c1)=NC1=NNNN12. The Kier molecular flexibility index (Phi) is 7.98. The Labute approximate surface area is 260 Å². The van der Waals surface area contributed by atoms with Crippen LogP contribution in [0.1, 0.15) is 39.3 Å². The Morgan fingerprint density at radius 2 is 1.91 bits per heavy atom. The molecule has 0 amide bonds. The van der Waals surface area contributed by atoms with Crippen LogP contribution in [0.5, 0.6) is 0 Å². The number of hydrogen-bond acceptors (Lipinski definition) is 10. The van der Waals surface area contributed by atoms with E-state index in [4.69, 9.17) is 26.7 Å². The summed E-state index contributed by atoms with van der Waals surface area (Å²) in [5, 5.41) is 22.7. The molecule has 0 bridgehead atoms. The maximum atomic E-state index is 12.7. The molecule has 11 heteroatoms. The molecule has 2 aliphatic rings. The largest absolute Gasteiger partial charge is 0.465 e. The van der Waals surface area contributed by atoms with Gasteiger partial charge in [0.1, 0.15) is 11.5 Å². The second-order valence-electron chi connectivity index (χ2n) is 10.5. The van der Waals surface area contributed by atoms with Crippen molar-refractivity contribution in [2.75, 3.05) is 12.1 Å². The molecule has 0 aliphatic carbocycles. The molecule has 224 valence electrons. The van der Waals surface area contributed by atoms with Crippen LogP contribution in [0.4, 0.5) is 5.69 Å². The summed E-state index contributed by atoms with van der Waals surface area (Å²) in [5.74, 6) is 2.22. The number of nitrogens with zero attached hydrogens (tertiary/aromatic N) is 4. The molecule has 2 aliphatic heterocycles. The molecule has 0 saturated carbocycles. The Morgan fingerprint density at radius 1 is 1.11 bits per heavy atom. The first-order valence-corrected chi connectivity index (χ1v) is 14.4. The summed E-state index contributed by atoms with van der Waals surface area (Å²) in [6.07, 6.45) is 3.02.